The van der Waals surface area contributed by atoms with Crippen molar-refractivity contribution in [2.45, 2.75) is 111 Å². The van der Waals surface area contributed by atoms with E-state index in [0.29, 0.717) is 5.92 Å². The number of ketones is 1. The fraction of sp³-hybridized carbons (Fsp3) is 0.404. The first-order valence-electron chi connectivity index (χ1n) is 19.3. The molecule has 275 valence electrons. The fourth-order valence-electron chi connectivity index (χ4n) is 8.34. The summed E-state index contributed by atoms with van der Waals surface area (Å²) in [5.74, 6) is 2.10. The van der Waals surface area contributed by atoms with Gasteiger partial charge in [0.05, 0.1) is 5.76 Å². The van der Waals surface area contributed by atoms with Crippen molar-refractivity contribution in [1.29, 1.82) is 0 Å². The third-order valence-corrected chi connectivity index (χ3v) is 11.5. The molecule has 1 saturated carbocycles. The van der Waals surface area contributed by atoms with Crippen molar-refractivity contribution < 1.29 is 34.4 Å². The number of carbonyl (C=O) groups excluding carboxylic acids is 1. The van der Waals surface area contributed by atoms with Crippen LogP contribution in [0.2, 0.25) is 0 Å². The van der Waals surface area contributed by atoms with E-state index in [2.05, 4.69) is 80.6 Å². The second-order valence-corrected chi connectivity index (χ2v) is 15.0. The molecule has 5 aromatic rings. The van der Waals surface area contributed by atoms with E-state index in [9.17, 15) is 9.90 Å². The minimum Gasteiger partial charge on any atom is -0.512 e. The third-order valence-electron chi connectivity index (χ3n) is 11.5. The van der Waals surface area contributed by atoms with Crippen LogP contribution in [-0.2, 0) is 30.3 Å². The number of nitrogens with zero attached hydrogens (tertiary/aromatic N) is 1. The molecule has 0 spiro atoms. The molecule has 1 fully saturated rings. The summed E-state index contributed by atoms with van der Waals surface area (Å²) in [6, 6.07) is 27.5. The number of para-hydroxylation sites is 1. The van der Waals surface area contributed by atoms with Crippen LogP contribution >= 0.6 is 0 Å². The van der Waals surface area contributed by atoms with Crippen LogP contribution in [0.4, 0.5) is 0 Å². The Bertz CT molecular complexity index is 2020. The number of hydrogen-bond acceptors (Lipinski definition) is 4. The SMILES string of the molecule is CC1(C)C(c2cc3ccccc3o2)=Cc2ccnc(-c3[c-]c4ccccc4c(C4CCCCC4)c3)c21.CCC(CC)C(=O)/C=C(\O)C(CC)CC.[Ir]. The average molecular weight is 873 g/mol. The molecule has 52 heavy (non-hydrogen) atoms. The van der Waals surface area contributed by atoms with Gasteiger partial charge in [0, 0.05) is 66.3 Å². The molecule has 2 aromatic heterocycles. The minimum absolute atomic E-state index is 0. The van der Waals surface area contributed by atoms with Crippen LogP contribution in [0.5, 0.6) is 0 Å². The third kappa shape index (κ3) is 8.07. The fourth-order valence-corrected chi connectivity index (χ4v) is 8.34. The Morgan fingerprint density at radius 2 is 1.60 bits per heavy atom. The summed E-state index contributed by atoms with van der Waals surface area (Å²) in [5, 5.41) is 13.4. The van der Waals surface area contributed by atoms with Gasteiger partial charge < -0.3 is 9.52 Å². The Labute approximate surface area is 324 Å². The molecule has 0 aliphatic heterocycles. The summed E-state index contributed by atoms with van der Waals surface area (Å²) >= 11 is 0. The number of rotatable bonds is 10. The summed E-state index contributed by atoms with van der Waals surface area (Å²) < 4.78 is 6.32. The van der Waals surface area contributed by atoms with Crippen molar-refractivity contribution >= 4 is 39.2 Å². The molecule has 3 aromatic carbocycles. The first-order chi connectivity index (χ1) is 24.7. The van der Waals surface area contributed by atoms with E-state index in [4.69, 9.17) is 9.40 Å². The van der Waals surface area contributed by atoms with Crippen LogP contribution in [0, 0.1) is 17.9 Å². The monoisotopic (exact) mass is 873 g/mol. The van der Waals surface area contributed by atoms with Gasteiger partial charge in [-0.25, -0.2) is 0 Å². The molecule has 0 bridgehead atoms. The van der Waals surface area contributed by atoms with Crippen molar-refractivity contribution in [2.24, 2.45) is 11.8 Å². The molecule has 0 unspecified atom stereocenters. The van der Waals surface area contributed by atoms with Gasteiger partial charge in [-0.2, -0.15) is 0 Å². The molecule has 0 saturated heterocycles. The van der Waals surface area contributed by atoms with Crippen LogP contribution in [0.25, 0.3) is 44.6 Å². The molecular weight excluding hydrogens is 819 g/mol. The molecule has 2 aliphatic rings. The summed E-state index contributed by atoms with van der Waals surface area (Å²) in [7, 11) is 0. The van der Waals surface area contributed by atoms with E-state index in [1.54, 1.807) is 0 Å². The number of aliphatic hydroxyl groups is 1. The molecule has 2 heterocycles. The van der Waals surface area contributed by atoms with E-state index in [1.807, 2.05) is 46.0 Å². The van der Waals surface area contributed by atoms with Crippen LogP contribution in [0.3, 0.4) is 0 Å². The zero-order chi connectivity index (χ0) is 36.1. The molecule has 5 heteroatoms. The number of aliphatic hydroxyl groups excluding tert-OH is 1. The zero-order valence-electron chi connectivity index (χ0n) is 31.7. The second kappa shape index (κ2) is 17.4. The predicted octanol–water partition coefficient (Wildman–Crippen LogP) is 13.2. The van der Waals surface area contributed by atoms with Crippen LogP contribution in [0.1, 0.15) is 128 Å². The van der Waals surface area contributed by atoms with Crippen LogP contribution in [0.15, 0.2) is 89.2 Å². The smallest absolute Gasteiger partial charge is 0.162 e. The van der Waals surface area contributed by atoms with Gasteiger partial charge in [0.2, 0.25) is 0 Å². The topological polar surface area (TPSA) is 63.3 Å². The Hall–Kier alpha value is -3.79. The number of hydrogen-bond donors (Lipinski definition) is 1. The van der Waals surface area contributed by atoms with Gasteiger partial charge in [-0.15, -0.1) is 29.1 Å². The Balaban J connectivity index is 0.000000280. The van der Waals surface area contributed by atoms with Crippen molar-refractivity contribution in [3.63, 3.8) is 0 Å². The van der Waals surface area contributed by atoms with Gasteiger partial charge in [0.25, 0.3) is 0 Å². The van der Waals surface area contributed by atoms with Gasteiger partial charge >= 0.3 is 0 Å². The van der Waals surface area contributed by atoms with Gasteiger partial charge in [0.15, 0.2) is 5.78 Å². The summed E-state index contributed by atoms with van der Waals surface area (Å²) in [6.45, 7) is 12.7. The van der Waals surface area contributed by atoms with Crippen molar-refractivity contribution in [3.8, 4) is 11.3 Å². The number of fused-ring (bicyclic) bond motifs is 3. The van der Waals surface area contributed by atoms with E-state index >= 15 is 0 Å². The summed E-state index contributed by atoms with van der Waals surface area (Å²) in [4.78, 5) is 16.7. The Morgan fingerprint density at radius 3 is 2.29 bits per heavy atom. The summed E-state index contributed by atoms with van der Waals surface area (Å²) in [5.41, 5.74) is 8.01. The molecule has 0 amide bonds. The number of carbonyl (C=O) groups is 1. The quantitative estimate of drug-likeness (QED) is 0.0863. The average Bonchev–Trinajstić information content (AvgIpc) is 3.70. The number of pyridine rings is 1. The van der Waals surface area contributed by atoms with E-state index in [1.165, 1.54) is 71.2 Å². The molecule has 4 nitrogen and oxygen atoms in total. The first-order valence-corrected chi connectivity index (χ1v) is 19.3. The maximum atomic E-state index is 11.7. The summed E-state index contributed by atoms with van der Waals surface area (Å²) in [6.07, 6.45) is 15.7. The van der Waals surface area contributed by atoms with Crippen molar-refractivity contribution in [1.82, 2.24) is 4.98 Å². The number of benzene rings is 3. The number of allylic oxidation sites excluding steroid dienone is 3. The molecule has 0 atom stereocenters. The maximum absolute atomic E-state index is 11.7. The first kappa shape index (κ1) is 39.4. The molecular formula is C47H54IrNO3-. The van der Waals surface area contributed by atoms with Gasteiger partial charge in [-0.3, -0.25) is 9.78 Å². The normalized spacial score (nSPS) is 15.7. The minimum atomic E-state index is -0.239. The van der Waals surface area contributed by atoms with E-state index < -0.39 is 0 Å². The molecule has 2 aliphatic carbocycles. The predicted molar refractivity (Wildman–Crippen MR) is 213 cm³/mol. The zero-order valence-corrected chi connectivity index (χ0v) is 34.1. The van der Waals surface area contributed by atoms with Crippen molar-refractivity contribution in [2.75, 3.05) is 0 Å². The van der Waals surface area contributed by atoms with Gasteiger partial charge in [-0.05, 0) is 79.8 Å². The molecule has 7 rings (SSSR count). The Kier molecular flexibility index (Phi) is 13.2. The van der Waals surface area contributed by atoms with Crippen molar-refractivity contribution in [3.05, 3.63) is 113 Å². The second-order valence-electron chi connectivity index (χ2n) is 15.0. The Morgan fingerprint density at radius 1 is 0.923 bits per heavy atom. The largest absolute Gasteiger partial charge is 0.512 e. The van der Waals surface area contributed by atoms with Gasteiger partial charge in [0.1, 0.15) is 11.3 Å². The van der Waals surface area contributed by atoms with Gasteiger partial charge in [-0.1, -0.05) is 108 Å². The standard InChI is InChI=1S/C34H30NO.C13H24O2.Ir/c1-34(2)29(31-21-24-13-7-9-15-30(24)36-31)20-25-16-17-35-33(32(25)34)26-18-23-12-6-8-14-27(23)28(19-26)22-10-4-3-5-11-22;1-5-10(6-2)12(14)9-13(15)11(7-3)8-4;/h6-9,12-17,19-22H,3-5,10-11H2,1-2H3;9-11,14H,5-8H2,1-4H3;/q-1;;/b;12-9-;. The number of furan rings is 1. The number of aromatic nitrogens is 1. The van der Waals surface area contributed by atoms with E-state index in [0.717, 1.165) is 53.7 Å². The van der Waals surface area contributed by atoms with Crippen LogP contribution < -0.4 is 0 Å². The van der Waals surface area contributed by atoms with E-state index in [-0.39, 0.29) is 48.9 Å². The van der Waals surface area contributed by atoms with Crippen LogP contribution in [-0.4, -0.2) is 15.9 Å². The molecule has 1 radical (unpaired) electrons. The molecule has 1 N–H and O–H groups in total. The maximum Gasteiger partial charge on any atom is 0.162 e.